The second kappa shape index (κ2) is 16.6. The normalized spacial score (nSPS) is 31.5. The molecule has 0 aromatic heterocycles. The molecule has 0 unspecified atom stereocenters. The van der Waals surface area contributed by atoms with Crippen molar-refractivity contribution in [2.75, 3.05) is 13.2 Å². The predicted molar refractivity (Wildman–Crippen MR) is 142 cm³/mol. The molecule has 2 aliphatic heterocycles. The topological polar surface area (TPSA) is 212 Å². The Morgan fingerprint density at radius 1 is 0.477 bits per heavy atom. The van der Waals surface area contributed by atoms with Gasteiger partial charge in [-0.25, -0.2) is 0 Å². The van der Waals surface area contributed by atoms with Gasteiger partial charge in [-0.05, 0) is 0 Å². The summed E-state index contributed by atoms with van der Waals surface area (Å²) in [5, 5.41) is 0. The molecule has 2 saturated heterocycles. The summed E-state index contributed by atoms with van der Waals surface area (Å²) < 4.78 is 55.0. The van der Waals surface area contributed by atoms with Gasteiger partial charge in [-0.2, -0.15) is 0 Å². The van der Waals surface area contributed by atoms with E-state index in [-0.39, 0.29) is 0 Å². The van der Waals surface area contributed by atoms with Crippen LogP contribution < -0.4 is 0 Å². The van der Waals surface area contributed by atoms with E-state index in [4.69, 9.17) is 47.4 Å². The van der Waals surface area contributed by atoms with E-state index in [9.17, 15) is 33.6 Å². The van der Waals surface area contributed by atoms with Gasteiger partial charge in [0.2, 0.25) is 0 Å². The zero-order chi connectivity index (χ0) is 33.3. The van der Waals surface area contributed by atoms with Crippen molar-refractivity contribution >= 4 is 54.4 Å². The van der Waals surface area contributed by atoms with Crippen molar-refractivity contribution in [1.29, 1.82) is 0 Å². The zero-order valence-corrected chi connectivity index (χ0v) is 26.0. The smallest absolute Gasteiger partial charge is 0.303 e. The average Bonchev–Trinajstić information content (AvgIpc) is 2.87. The van der Waals surface area contributed by atoms with Crippen molar-refractivity contribution in [3.63, 3.8) is 0 Å². The molecule has 2 aliphatic rings. The fraction of sp³-hybridized carbons (Fsp3) is 0.731. The van der Waals surface area contributed by atoms with Crippen LogP contribution >= 0.6 is 12.6 Å². The molecular formula is C26H36O17S. The molecule has 0 aliphatic carbocycles. The van der Waals surface area contributed by atoms with Gasteiger partial charge in [-0.1, -0.05) is 0 Å². The Hall–Kier alpha value is -3.48. The van der Waals surface area contributed by atoms with Crippen LogP contribution in [0.1, 0.15) is 48.5 Å². The number of hydrogen-bond acceptors (Lipinski definition) is 18. The molecule has 17 nitrogen and oxygen atoms in total. The first-order valence-corrected chi connectivity index (χ1v) is 13.8. The molecule has 0 saturated carbocycles. The summed E-state index contributed by atoms with van der Waals surface area (Å²) in [6.45, 7) is 6.53. The number of ether oxygens (including phenoxy) is 10. The third kappa shape index (κ3) is 10.9. The van der Waals surface area contributed by atoms with Crippen LogP contribution in [-0.2, 0) is 80.9 Å². The Bertz CT molecular complexity index is 1090. The number of carbonyl (C=O) groups is 7. The van der Waals surface area contributed by atoms with Gasteiger partial charge < -0.3 is 47.4 Å². The lowest BCUT2D eigenvalue weighted by Crippen LogP contribution is -2.66. The maximum atomic E-state index is 12.2. The van der Waals surface area contributed by atoms with E-state index in [1.807, 2.05) is 0 Å². The van der Waals surface area contributed by atoms with Crippen molar-refractivity contribution in [3.8, 4) is 0 Å². The number of thiol groups is 1. The summed E-state index contributed by atoms with van der Waals surface area (Å²) in [7, 11) is 0. The van der Waals surface area contributed by atoms with Crippen molar-refractivity contribution in [3.05, 3.63) is 0 Å². The minimum Gasteiger partial charge on any atom is -0.463 e. The molecule has 2 fully saturated rings. The van der Waals surface area contributed by atoms with Crippen LogP contribution in [0.15, 0.2) is 0 Å². The summed E-state index contributed by atoms with van der Waals surface area (Å²) >= 11 is 4.34. The first kappa shape index (κ1) is 36.7. The van der Waals surface area contributed by atoms with Crippen LogP contribution in [0.3, 0.4) is 0 Å². The summed E-state index contributed by atoms with van der Waals surface area (Å²) in [4.78, 5) is 83.7. The Morgan fingerprint density at radius 2 is 0.841 bits per heavy atom. The standard InChI is InChI=1S/C26H36O17S/c1-10(27)34-8-17-19(36-12(3)29)21(38-14(5)31)23(39-15(6)32)25(41-17)43-22-20(37-13(4)30)18(9-35-11(2)28)42-26(44)24(22)40-16(7)33/h17-26,44H,8-9H2,1-7H3/t17-,18-,19-,20-,21+,22+,23-,24-,25+,26+/m1/s1. The Kier molecular flexibility index (Phi) is 13.8. The van der Waals surface area contributed by atoms with Gasteiger partial charge >= 0.3 is 41.8 Å². The summed E-state index contributed by atoms with van der Waals surface area (Å²) in [6.07, 6.45) is -13.4. The molecule has 0 bridgehead atoms. The second-order valence-corrected chi connectivity index (χ2v) is 10.2. The molecule has 0 amide bonds. The molecule has 248 valence electrons. The van der Waals surface area contributed by atoms with Crippen LogP contribution in [0, 0.1) is 0 Å². The fourth-order valence-corrected chi connectivity index (χ4v) is 4.87. The van der Waals surface area contributed by atoms with E-state index < -0.39 is 116 Å². The van der Waals surface area contributed by atoms with Gasteiger partial charge in [0.05, 0.1) is 0 Å². The van der Waals surface area contributed by atoms with E-state index in [0.29, 0.717) is 0 Å². The van der Waals surface area contributed by atoms with Crippen molar-refractivity contribution in [2.24, 2.45) is 0 Å². The van der Waals surface area contributed by atoms with E-state index in [1.54, 1.807) is 0 Å². The lowest BCUT2D eigenvalue weighted by Gasteiger charge is -2.48. The van der Waals surface area contributed by atoms with Gasteiger partial charge in [0, 0.05) is 48.5 Å². The van der Waals surface area contributed by atoms with Gasteiger partial charge in [-0.15, -0.1) is 12.6 Å². The maximum absolute atomic E-state index is 12.2. The molecule has 18 heteroatoms. The minimum atomic E-state index is -1.75. The van der Waals surface area contributed by atoms with Crippen LogP contribution in [0.25, 0.3) is 0 Å². The Morgan fingerprint density at radius 3 is 1.27 bits per heavy atom. The molecule has 0 N–H and O–H groups in total. The fourth-order valence-electron chi connectivity index (χ4n) is 4.49. The van der Waals surface area contributed by atoms with Gasteiger partial charge in [-0.3, -0.25) is 33.6 Å². The lowest BCUT2D eigenvalue weighted by atomic mass is 9.96. The highest BCUT2D eigenvalue weighted by Gasteiger charge is 2.57. The highest BCUT2D eigenvalue weighted by atomic mass is 32.1. The molecule has 2 rings (SSSR count). The lowest BCUT2D eigenvalue weighted by molar-refractivity contribution is -0.340. The van der Waals surface area contributed by atoms with E-state index in [2.05, 4.69) is 12.6 Å². The molecular weight excluding hydrogens is 616 g/mol. The molecule has 2 heterocycles. The van der Waals surface area contributed by atoms with Crippen molar-refractivity contribution in [2.45, 2.75) is 109 Å². The quantitative estimate of drug-likeness (QED) is 0.170. The summed E-state index contributed by atoms with van der Waals surface area (Å²) in [6, 6.07) is 0. The van der Waals surface area contributed by atoms with Crippen LogP contribution in [0.5, 0.6) is 0 Å². The number of rotatable bonds is 11. The zero-order valence-electron chi connectivity index (χ0n) is 25.1. The number of esters is 7. The number of carbonyl (C=O) groups excluding carboxylic acids is 7. The second-order valence-electron chi connectivity index (χ2n) is 9.68. The van der Waals surface area contributed by atoms with Crippen molar-refractivity contribution in [1.82, 2.24) is 0 Å². The average molecular weight is 653 g/mol. The minimum absolute atomic E-state index is 0.449. The molecule has 0 radical (unpaired) electrons. The number of hydrogen-bond donors (Lipinski definition) is 1. The van der Waals surface area contributed by atoms with E-state index >= 15 is 0 Å². The summed E-state index contributed by atoms with van der Waals surface area (Å²) in [5.74, 6) is -5.69. The van der Waals surface area contributed by atoms with Gasteiger partial charge in [0.15, 0.2) is 36.8 Å². The highest BCUT2D eigenvalue weighted by molar-refractivity contribution is 7.80. The molecule has 10 atom stereocenters. The van der Waals surface area contributed by atoms with Crippen LogP contribution in [0.2, 0.25) is 0 Å². The summed E-state index contributed by atoms with van der Waals surface area (Å²) in [5.41, 5.74) is -1.25. The van der Waals surface area contributed by atoms with Gasteiger partial charge in [0.1, 0.15) is 37.0 Å². The Labute approximate surface area is 257 Å². The Balaban J connectivity index is 2.66. The maximum Gasteiger partial charge on any atom is 0.303 e. The third-order valence-corrected chi connectivity index (χ3v) is 6.32. The SMILES string of the molecule is CC(=O)OC[C@H]1O[C@@H](S)[C@H](OC(C)=O)[C@@H](O[C@@H]2O[C@H](COC(C)=O)[C@@H](OC(C)=O)[C@H](OC(C)=O)[C@H]2OC(C)=O)[C@@H]1OC(C)=O. The molecule has 44 heavy (non-hydrogen) atoms. The first-order chi connectivity index (χ1) is 20.5. The largest absolute Gasteiger partial charge is 0.463 e. The van der Waals surface area contributed by atoms with Gasteiger partial charge in [0.25, 0.3) is 0 Å². The van der Waals surface area contributed by atoms with E-state index in [1.165, 1.54) is 0 Å². The highest BCUT2D eigenvalue weighted by Crippen LogP contribution is 2.36. The predicted octanol–water partition coefficient (Wildman–Crippen LogP) is -0.464. The molecule has 0 spiro atoms. The molecule has 0 aromatic rings. The van der Waals surface area contributed by atoms with Crippen molar-refractivity contribution < 1.29 is 80.9 Å². The third-order valence-electron chi connectivity index (χ3n) is 5.90. The first-order valence-electron chi connectivity index (χ1n) is 13.3. The van der Waals surface area contributed by atoms with Crippen LogP contribution in [-0.4, -0.2) is 116 Å². The molecule has 0 aromatic carbocycles. The monoisotopic (exact) mass is 652 g/mol. The van der Waals surface area contributed by atoms with E-state index in [0.717, 1.165) is 48.5 Å². The van der Waals surface area contributed by atoms with Crippen LogP contribution in [0.4, 0.5) is 0 Å².